The van der Waals surface area contributed by atoms with E-state index in [-0.39, 0.29) is 11.7 Å². The molecule has 2 aromatic rings. The number of nitrogens with zero attached hydrogens (tertiary/aromatic N) is 1. The first-order valence-corrected chi connectivity index (χ1v) is 7.15. The minimum atomic E-state index is -0.271. The Bertz CT molecular complexity index is 646. The Kier molecular flexibility index (Phi) is 5.28. The molecule has 1 aromatic carbocycles. The number of hydrogen-bond acceptors (Lipinski definition) is 2. The Balaban J connectivity index is 1.94. The zero-order valence-corrected chi connectivity index (χ0v) is 12.5. The lowest BCUT2D eigenvalue weighted by molar-refractivity contribution is 0.0954. The summed E-state index contributed by atoms with van der Waals surface area (Å²) in [5.41, 5.74) is 2.11. The molecule has 2 rings (SSSR count). The molecule has 0 radical (unpaired) electrons. The van der Waals surface area contributed by atoms with E-state index in [0.717, 1.165) is 11.3 Å². The van der Waals surface area contributed by atoms with Crippen LogP contribution in [0.5, 0.6) is 0 Å². The van der Waals surface area contributed by atoms with Crippen LogP contribution in [-0.2, 0) is 12.8 Å². The molecule has 0 fully saturated rings. The van der Waals surface area contributed by atoms with Gasteiger partial charge in [0.05, 0.1) is 0 Å². The van der Waals surface area contributed by atoms with Crippen molar-refractivity contribution < 1.29 is 9.18 Å². The summed E-state index contributed by atoms with van der Waals surface area (Å²) in [6.45, 7) is 2.38. The van der Waals surface area contributed by atoms with Gasteiger partial charge in [-0.2, -0.15) is 0 Å². The average molecular weight is 307 g/mol. The van der Waals surface area contributed by atoms with E-state index in [1.807, 2.05) is 13.0 Å². The first-order chi connectivity index (χ1) is 10.1. The number of rotatable bonds is 5. The lowest BCUT2D eigenvalue weighted by atomic mass is 10.1. The fourth-order valence-corrected chi connectivity index (χ4v) is 2.20. The Labute approximate surface area is 128 Å². The van der Waals surface area contributed by atoms with Crippen molar-refractivity contribution in [3.8, 4) is 0 Å². The van der Waals surface area contributed by atoms with Crippen LogP contribution >= 0.6 is 11.6 Å². The van der Waals surface area contributed by atoms with Crippen LogP contribution < -0.4 is 5.32 Å². The molecule has 1 aromatic heterocycles. The zero-order valence-electron chi connectivity index (χ0n) is 11.7. The summed E-state index contributed by atoms with van der Waals surface area (Å²) in [7, 11) is 0. The van der Waals surface area contributed by atoms with Gasteiger partial charge < -0.3 is 5.32 Å². The number of aryl methyl sites for hydroxylation is 1. The summed E-state index contributed by atoms with van der Waals surface area (Å²) >= 11 is 5.89. The maximum absolute atomic E-state index is 13.0. The predicted octanol–water partition coefficient (Wildman–Crippen LogP) is 3.41. The van der Waals surface area contributed by atoms with Crippen LogP contribution in [-0.4, -0.2) is 17.4 Å². The van der Waals surface area contributed by atoms with Gasteiger partial charge in [0, 0.05) is 17.8 Å². The number of halogens is 2. The topological polar surface area (TPSA) is 42.0 Å². The van der Waals surface area contributed by atoms with Crippen molar-refractivity contribution in [1.82, 2.24) is 10.3 Å². The molecule has 0 unspecified atom stereocenters. The number of hydrogen-bond donors (Lipinski definition) is 1. The van der Waals surface area contributed by atoms with Gasteiger partial charge in [0.1, 0.15) is 11.0 Å². The molecule has 0 aliphatic heterocycles. The molecular weight excluding hydrogens is 291 g/mol. The largest absolute Gasteiger partial charge is 0.352 e. The number of benzene rings is 1. The Hall–Kier alpha value is -1.94. The average Bonchev–Trinajstić information content (AvgIpc) is 2.46. The molecule has 3 nitrogen and oxygen atoms in total. The van der Waals surface area contributed by atoms with Crippen LogP contribution in [0.1, 0.15) is 28.5 Å². The Morgan fingerprint density at radius 3 is 2.86 bits per heavy atom. The van der Waals surface area contributed by atoms with Gasteiger partial charge in [0.2, 0.25) is 0 Å². The predicted molar refractivity (Wildman–Crippen MR) is 81.1 cm³/mol. The van der Waals surface area contributed by atoms with Crippen molar-refractivity contribution in [3.05, 3.63) is 64.2 Å². The van der Waals surface area contributed by atoms with Gasteiger partial charge >= 0.3 is 0 Å². The number of nitrogens with one attached hydrogen (secondary N) is 1. The highest BCUT2D eigenvalue weighted by Crippen LogP contribution is 2.11. The van der Waals surface area contributed by atoms with Crippen LogP contribution in [0, 0.1) is 5.82 Å². The van der Waals surface area contributed by atoms with Crippen molar-refractivity contribution in [1.29, 1.82) is 0 Å². The summed E-state index contributed by atoms with van der Waals surface area (Å²) in [5, 5.41) is 3.11. The van der Waals surface area contributed by atoms with E-state index in [1.54, 1.807) is 12.1 Å². The van der Waals surface area contributed by atoms with Crippen molar-refractivity contribution in [3.63, 3.8) is 0 Å². The maximum Gasteiger partial charge on any atom is 0.251 e. The molecule has 21 heavy (non-hydrogen) atoms. The molecule has 0 saturated heterocycles. The van der Waals surface area contributed by atoms with Crippen molar-refractivity contribution in [2.75, 3.05) is 6.54 Å². The monoisotopic (exact) mass is 306 g/mol. The van der Waals surface area contributed by atoms with Crippen LogP contribution in [0.3, 0.4) is 0 Å². The van der Waals surface area contributed by atoms with Crippen LogP contribution in [0.4, 0.5) is 4.39 Å². The minimum absolute atomic E-state index is 0.203. The SMILES string of the molecule is CCc1cc(C(=O)NCCc2cccc(F)c2)cc(Cl)n1. The van der Waals surface area contributed by atoms with Gasteiger partial charge in [0.15, 0.2) is 0 Å². The van der Waals surface area contributed by atoms with Crippen LogP contribution in [0.15, 0.2) is 36.4 Å². The van der Waals surface area contributed by atoms with Crippen LogP contribution in [0.2, 0.25) is 5.15 Å². The molecule has 110 valence electrons. The lowest BCUT2D eigenvalue weighted by Gasteiger charge is -2.07. The fraction of sp³-hybridized carbons (Fsp3) is 0.250. The molecule has 0 saturated carbocycles. The first kappa shape index (κ1) is 15.4. The molecule has 0 aliphatic carbocycles. The van der Waals surface area contributed by atoms with Gasteiger partial charge in [-0.1, -0.05) is 30.7 Å². The second-order valence-corrected chi connectivity index (χ2v) is 5.05. The minimum Gasteiger partial charge on any atom is -0.352 e. The van der Waals surface area contributed by atoms with Crippen molar-refractivity contribution in [2.24, 2.45) is 0 Å². The van der Waals surface area contributed by atoms with Gasteiger partial charge in [0.25, 0.3) is 5.91 Å². The highest BCUT2D eigenvalue weighted by molar-refractivity contribution is 6.29. The summed E-state index contributed by atoms with van der Waals surface area (Å²) in [6.07, 6.45) is 1.28. The standard InChI is InChI=1S/C16H16ClFN2O/c1-2-14-9-12(10-15(17)20-14)16(21)19-7-6-11-4-3-5-13(18)8-11/h3-5,8-10H,2,6-7H2,1H3,(H,19,21). The van der Waals surface area contributed by atoms with E-state index in [0.29, 0.717) is 30.1 Å². The smallest absolute Gasteiger partial charge is 0.251 e. The van der Waals surface area contributed by atoms with Gasteiger partial charge in [-0.05, 0) is 42.7 Å². The number of pyridine rings is 1. The molecule has 5 heteroatoms. The second kappa shape index (κ2) is 7.18. The number of carbonyl (C=O) groups excluding carboxylic acids is 1. The second-order valence-electron chi connectivity index (χ2n) is 4.66. The summed E-state index contributed by atoms with van der Waals surface area (Å²) in [4.78, 5) is 16.2. The molecular formula is C16H16ClFN2O. The fourth-order valence-electron chi connectivity index (χ4n) is 1.98. The Morgan fingerprint density at radius 2 is 2.14 bits per heavy atom. The molecule has 0 atom stereocenters. The van der Waals surface area contributed by atoms with Gasteiger partial charge in [-0.3, -0.25) is 4.79 Å². The van der Waals surface area contributed by atoms with Crippen molar-refractivity contribution in [2.45, 2.75) is 19.8 Å². The highest BCUT2D eigenvalue weighted by atomic mass is 35.5. The number of carbonyl (C=O) groups is 1. The first-order valence-electron chi connectivity index (χ1n) is 6.77. The lowest BCUT2D eigenvalue weighted by Crippen LogP contribution is -2.26. The summed E-state index contributed by atoms with van der Waals surface area (Å²) in [6, 6.07) is 9.61. The van der Waals surface area contributed by atoms with E-state index >= 15 is 0 Å². The molecule has 0 bridgehead atoms. The molecule has 0 aliphatic rings. The molecule has 1 amide bonds. The van der Waals surface area contributed by atoms with E-state index in [2.05, 4.69) is 10.3 Å². The summed E-state index contributed by atoms with van der Waals surface area (Å²) in [5.74, 6) is -0.474. The van der Waals surface area contributed by atoms with Crippen molar-refractivity contribution >= 4 is 17.5 Å². The summed E-state index contributed by atoms with van der Waals surface area (Å²) < 4.78 is 13.0. The van der Waals surface area contributed by atoms with Gasteiger partial charge in [-0.25, -0.2) is 9.37 Å². The third-order valence-electron chi connectivity index (χ3n) is 3.06. The number of aromatic nitrogens is 1. The number of amides is 1. The zero-order chi connectivity index (χ0) is 15.2. The molecule has 1 N–H and O–H groups in total. The third-order valence-corrected chi connectivity index (χ3v) is 3.25. The highest BCUT2D eigenvalue weighted by Gasteiger charge is 2.08. The van der Waals surface area contributed by atoms with E-state index in [9.17, 15) is 9.18 Å². The quantitative estimate of drug-likeness (QED) is 0.860. The third kappa shape index (κ3) is 4.53. The maximum atomic E-state index is 13.0. The van der Waals surface area contributed by atoms with E-state index in [4.69, 9.17) is 11.6 Å². The Morgan fingerprint density at radius 1 is 1.33 bits per heavy atom. The van der Waals surface area contributed by atoms with E-state index < -0.39 is 0 Å². The molecule has 1 heterocycles. The normalized spacial score (nSPS) is 10.4. The van der Waals surface area contributed by atoms with Crippen LogP contribution in [0.25, 0.3) is 0 Å². The molecule has 0 spiro atoms. The van der Waals surface area contributed by atoms with Gasteiger partial charge in [-0.15, -0.1) is 0 Å². The van der Waals surface area contributed by atoms with E-state index in [1.165, 1.54) is 18.2 Å².